The summed E-state index contributed by atoms with van der Waals surface area (Å²) in [6, 6.07) is 5.08. The molecule has 1 fully saturated rings. The molecule has 2 rings (SSSR count). The van der Waals surface area contributed by atoms with Crippen molar-refractivity contribution in [3.63, 3.8) is 0 Å². The number of carbonyl (C=O) groups excluding carboxylic acids is 1. The van der Waals surface area contributed by atoms with Crippen molar-refractivity contribution in [1.82, 2.24) is 10.2 Å². The molecule has 1 heterocycles. The van der Waals surface area contributed by atoms with Crippen LogP contribution in [0.3, 0.4) is 0 Å². The fourth-order valence-corrected chi connectivity index (χ4v) is 2.03. The molecule has 0 unspecified atom stereocenters. The van der Waals surface area contributed by atoms with Crippen LogP contribution in [0.4, 0.5) is 11.4 Å². The summed E-state index contributed by atoms with van der Waals surface area (Å²) >= 11 is 0. The molecule has 0 aliphatic carbocycles. The van der Waals surface area contributed by atoms with Gasteiger partial charge in [0.15, 0.2) is 0 Å². The largest absolute Gasteiger partial charge is 0.397 e. The molecule has 1 aromatic rings. The molecule has 6 nitrogen and oxygen atoms in total. The van der Waals surface area contributed by atoms with Gasteiger partial charge < -0.3 is 21.5 Å². The van der Waals surface area contributed by atoms with Crippen LogP contribution < -0.4 is 16.8 Å². The molecule has 1 aromatic carbocycles. The van der Waals surface area contributed by atoms with E-state index in [4.69, 9.17) is 16.2 Å². The van der Waals surface area contributed by atoms with Gasteiger partial charge in [0.2, 0.25) is 0 Å². The number of benzene rings is 1. The monoisotopic (exact) mass is 264 g/mol. The average Bonchev–Trinajstić information content (AvgIpc) is 2.43. The predicted octanol–water partition coefficient (Wildman–Crippen LogP) is -0.0870. The van der Waals surface area contributed by atoms with Crippen molar-refractivity contribution >= 4 is 17.3 Å². The molecular formula is C13H20N4O2. The zero-order chi connectivity index (χ0) is 13.7. The summed E-state index contributed by atoms with van der Waals surface area (Å²) in [4.78, 5) is 14.2. The Hall–Kier alpha value is -1.79. The number of nitrogens with zero attached hydrogens (tertiary/aromatic N) is 1. The second kappa shape index (κ2) is 6.40. The van der Waals surface area contributed by atoms with Crippen LogP contribution in [-0.2, 0) is 4.74 Å². The van der Waals surface area contributed by atoms with E-state index in [2.05, 4.69) is 10.2 Å². The lowest BCUT2D eigenvalue weighted by molar-refractivity contribution is 0.0383. The molecule has 104 valence electrons. The van der Waals surface area contributed by atoms with E-state index in [1.165, 1.54) is 0 Å². The van der Waals surface area contributed by atoms with E-state index in [-0.39, 0.29) is 5.91 Å². The first-order valence-corrected chi connectivity index (χ1v) is 6.41. The predicted molar refractivity (Wildman–Crippen MR) is 74.9 cm³/mol. The van der Waals surface area contributed by atoms with E-state index < -0.39 is 0 Å². The van der Waals surface area contributed by atoms with Gasteiger partial charge in [0.05, 0.1) is 30.2 Å². The quantitative estimate of drug-likeness (QED) is 0.661. The summed E-state index contributed by atoms with van der Waals surface area (Å²) in [5.74, 6) is -0.182. The third-order valence-electron chi connectivity index (χ3n) is 3.20. The molecule has 0 spiro atoms. The molecule has 1 aliphatic rings. The number of rotatable bonds is 4. The first-order valence-electron chi connectivity index (χ1n) is 6.41. The van der Waals surface area contributed by atoms with Gasteiger partial charge in [0.1, 0.15) is 0 Å². The van der Waals surface area contributed by atoms with Crippen LogP contribution in [0, 0.1) is 0 Å². The Labute approximate surface area is 112 Å². The fourth-order valence-electron chi connectivity index (χ4n) is 2.03. The van der Waals surface area contributed by atoms with Crippen LogP contribution in [0.2, 0.25) is 0 Å². The van der Waals surface area contributed by atoms with E-state index in [1.807, 2.05) is 0 Å². The van der Waals surface area contributed by atoms with Crippen molar-refractivity contribution in [2.75, 3.05) is 50.9 Å². The van der Waals surface area contributed by atoms with Crippen molar-refractivity contribution in [2.24, 2.45) is 0 Å². The summed E-state index contributed by atoms with van der Waals surface area (Å²) < 4.78 is 5.27. The molecular weight excluding hydrogens is 244 g/mol. The van der Waals surface area contributed by atoms with Gasteiger partial charge >= 0.3 is 0 Å². The van der Waals surface area contributed by atoms with Gasteiger partial charge in [-0.05, 0) is 12.1 Å². The first-order chi connectivity index (χ1) is 9.18. The second-order valence-electron chi connectivity index (χ2n) is 4.52. The molecule has 1 aliphatic heterocycles. The minimum atomic E-state index is -0.182. The molecule has 1 amide bonds. The summed E-state index contributed by atoms with van der Waals surface area (Å²) in [5, 5.41) is 2.86. The highest BCUT2D eigenvalue weighted by Gasteiger charge is 2.13. The first kappa shape index (κ1) is 13.6. The minimum Gasteiger partial charge on any atom is -0.397 e. The molecule has 0 aromatic heterocycles. The number of para-hydroxylation sites is 1. The van der Waals surface area contributed by atoms with Crippen LogP contribution in [-0.4, -0.2) is 50.2 Å². The molecule has 1 saturated heterocycles. The van der Waals surface area contributed by atoms with E-state index in [9.17, 15) is 4.79 Å². The minimum absolute atomic E-state index is 0.182. The highest BCUT2D eigenvalue weighted by molar-refractivity contribution is 6.01. The van der Waals surface area contributed by atoms with Crippen molar-refractivity contribution < 1.29 is 9.53 Å². The molecule has 0 radical (unpaired) electrons. The fraction of sp³-hybridized carbons (Fsp3) is 0.462. The number of nitrogens with two attached hydrogens (primary N) is 2. The zero-order valence-electron chi connectivity index (χ0n) is 10.9. The Morgan fingerprint density at radius 2 is 2.05 bits per heavy atom. The number of carbonyl (C=O) groups is 1. The summed E-state index contributed by atoms with van der Waals surface area (Å²) in [6.45, 7) is 4.75. The van der Waals surface area contributed by atoms with E-state index >= 15 is 0 Å². The average molecular weight is 264 g/mol. The van der Waals surface area contributed by atoms with Crippen LogP contribution in [0.1, 0.15) is 10.4 Å². The highest BCUT2D eigenvalue weighted by atomic mass is 16.5. The number of hydrogen-bond acceptors (Lipinski definition) is 5. The van der Waals surface area contributed by atoms with Crippen LogP contribution in [0.15, 0.2) is 18.2 Å². The lowest BCUT2D eigenvalue weighted by Crippen LogP contribution is -2.41. The van der Waals surface area contributed by atoms with Gasteiger partial charge in [0.25, 0.3) is 5.91 Å². The molecule has 6 heteroatoms. The van der Waals surface area contributed by atoms with Crippen LogP contribution >= 0.6 is 0 Å². The summed E-state index contributed by atoms with van der Waals surface area (Å²) in [5.41, 5.74) is 12.7. The van der Waals surface area contributed by atoms with Gasteiger partial charge in [-0.3, -0.25) is 9.69 Å². The zero-order valence-corrected chi connectivity index (χ0v) is 10.9. The van der Waals surface area contributed by atoms with E-state index in [0.29, 0.717) is 23.5 Å². The third kappa shape index (κ3) is 3.59. The molecule has 0 bridgehead atoms. The topological polar surface area (TPSA) is 93.6 Å². The number of ether oxygens (including phenoxy) is 1. The Morgan fingerprint density at radius 3 is 2.79 bits per heavy atom. The molecule has 0 atom stereocenters. The second-order valence-corrected chi connectivity index (χ2v) is 4.52. The number of nitrogens with one attached hydrogen (secondary N) is 1. The number of anilines is 2. The van der Waals surface area contributed by atoms with Crippen LogP contribution in [0.25, 0.3) is 0 Å². The molecule has 5 N–H and O–H groups in total. The lowest BCUT2D eigenvalue weighted by atomic mass is 10.1. The standard InChI is InChI=1S/C13H20N4O2/c14-11-3-1-2-10(12(11)15)13(18)16-4-5-17-6-8-19-9-7-17/h1-3H,4-9,14-15H2,(H,16,18). The van der Waals surface area contributed by atoms with Gasteiger partial charge in [-0.15, -0.1) is 0 Å². The third-order valence-corrected chi connectivity index (χ3v) is 3.20. The number of nitrogen functional groups attached to an aromatic ring is 2. The van der Waals surface area contributed by atoms with Crippen molar-refractivity contribution in [1.29, 1.82) is 0 Å². The Bertz CT molecular complexity index is 444. The van der Waals surface area contributed by atoms with E-state index in [0.717, 1.165) is 32.8 Å². The Morgan fingerprint density at radius 1 is 1.32 bits per heavy atom. The van der Waals surface area contributed by atoms with Gasteiger partial charge in [0, 0.05) is 26.2 Å². The highest BCUT2D eigenvalue weighted by Crippen LogP contribution is 2.18. The molecule has 0 saturated carbocycles. The maximum absolute atomic E-state index is 12.0. The van der Waals surface area contributed by atoms with Gasteiger partial charge in [-0.25, -0.2) is 0 Å². The lowest BCUT2D eigenvalue weighted by Gasteiger charge is -2.26. The smallest absolute Gasteiger partial charge is 0.253 e. The summed E-state index contributed by atoms with van der Waals surface area (Å²) in [6.07, 6.45) is 0. The number of hydrogen-bond donors (Lipinski definition) is 3. The number of morpholine rings is 1. The maximum Gasteiger partial charge on any atom is 0.253 e. The van der Waals surface area contributed by atoms with E-state index in [1.54, 1.807) is 18.2 Å². The number of amides is 1. The molecule has 19 heavy (non-hydrogen) atoms. The van der Waals surface area contributed by atoms with Crippen LogP contribution in [0.5, 0.6) is 0 Å². The Balaban J connectivity index is 1.82. The normalized spacial score (nSPS) is 16.2. The van der Waals surface area contributed by atoms with Crippen molar-refractivity contribution in [3.8, 4) is 0 Å². The van der Waals surface area contributed by atoms with Gasteiger partial charge in [-0.1, -0.05) is 6.07 Å². The van der Waals surface area contributed by atoms with Gasteiger partial charge in [-0.2, -0.15) is 0 Å². The summed E-state index contributed by atoms with van der Waals surface area (Å²) in [7, 11) is 0. The Kier molecular flexibility index (Phi) is 4.59. The van der Waals surface area contributed by atoms with Crippen molar-refractivity contribution in [2.45, 2.75) is 0 Å². The maximum atomic E-state index is 12.0. The SMILES string of the molecule is Nc1cccc(C(=O)NCCN2CCOCC2)c1N. The van der Waals surface area contributed by atoms with Crippen molar-refractivity contribution in [3.05, 3.63) is 23.8 Å².